The molecule has 1 aliphatic carbocycles. The van der Waals surface area contributed by atoms with Crippen molar-refractivity contribution in [3.05, 3.63) is 41.5 Å². The number of fused-ring (bicyclic) bond motifs is 1. The number of nitrogens with one attached hydrogen (secondary N) is 1. The Morgan fingerprint density at radius 2 is 1.84 bits per heavy atom. The highest BCUT2D eigenvalue weighted by molar-refractivity contribution is 6.05. The van der Waals surface area contributed by atoms with Crippen LogP contribution in [-0.4, -0.2) is 88.6 Å². The fraction of sp³-hybridized carbons (Fsp3) is 0.636. The molecule has 0 bridgehead atoms. The van der Waals surface area contributed by atoms with Crippen molar-refractivity contribution >= 4 is 23.6 Å². The van der Waals surface area contributed by atoms with E-state index in [-0.39, 0.29) is 43.5 Å². The quantitative estimate of drug-likeness (QED) is 0.353. The number of likely N-dealkylation sites (tertiary alicyclic amines) is 2. The third-order valence-corrected chi connectivity index (χ3v) is 10.2. The summed E-state index contributed by atoms with van der Waals surface area (Å²) in [6, 6.07) is 3.28. The van der Waals surface area contributed by atoms with E-state index in [0.717, 1.165) is 19.3 Å². The summed E-state index contributed by atoms with van der Waals surface area (Å²) in [6.07, 6.45) is 3.84. The highest BCUT2D eigenvalue weighted by Gasteiger charge is 2.54. The number of nitrogens with zero attached hydrogens (tertiary/aromatic N) is 3. The molecule has 5 aliphatic rings. The molecule has 44 heavy (non-hydrogen) atoms. The molecule has 3 atom stereocenters. The molecule has 6 rings (SSSR count). The second-order valence-electron chi connectivity index (χ2n) is 13.2. The molecule has 11 heteroatoms. The van der Waals surface area contributed by atoms with Gasteiger partial charge in [-0.1, -0.05) is 19.9 Å². The van der Waals surface area contributed by atoms with Crippen molar-refractivity contribution in [2.75, 3.05) is 26.2 Å². The normalized spacial score (nSPS) is 28.0. The number of alkyl halides is 2. The van der Waals surface area contributed by atoms with Crippen molar-refractivity contribution in [2.24, 2.45) is 11.8 Å². The Kier molecular flexibility index (Phi) is 8.52. The first-order valence-corrected chi connectivity index (χ1v) is 16.1. The predicted molar refractivity (Wildman–Crippen MR) is 158 cm³/mol. The van der Waals surface area contributed by atoms with Gasteiger partial charge in [0.05, 0.1) is 0 Å². The van der Waals surface area contributed by atoms with E-state index in [2.05, 4.69) is 11.9 Å². The molecule has 4 fully saturated rings. The van der Waals surface area contributed by atoms with Gasteiger partial charge in [0.15, 0.2) is 0 Å². The number of hydrogen-bond donors (Lipinski definition) is 1. The van der Waals surface area contributed by atoms with Crippen LogP contribution in [0.15, 0.2) is 30.4 Å². The van der Waals surface area contributed by atoms with Crippen LogP contribution in [0.1, 0.15) is 80.6 Å². The largest absolute Gasteiger partial charge is 0.489 e. The van der Waals surface area contributed by atoms with Gasteiger partial charge in [-0.15, -0.1) is 0 Å². The Morgan fingerprint density at radius 3 is 2.55 bits per heavy atom. The average Bonchev–Trinajstić information content (AvgIpc) is 3.28. The molecule has 3 unspecified atom stereocenters. The summed E-state index contributed by atoms with van der Waals surface area (Å²) in [5, 5.41) is 2.30. The average molecular weight is 613 g/mol. The monoisotopic (exact) mass is 612 g/mol. The first kappa shape index (κ1) is 30.7. The Bertz CT molecular complexity index is 1340. The molecule has 4 heterocycles. The minimum Gasteiger partial charge on any atom is -0.489 e. The van der Waals surface area contributed by atoms with Crippen molar-refractivity contribution in [2.45, 2.75) is 95.4 Å². The number of ether oxygens (including phenoxy) is 1. The summed E-state index contributed by atoms with van der Waals surface area (Å²) in [5.41, 5.74) is 1.80. The van der Waals surface area contributed by atoms with E-state index in [1.807, 2.05) is 16.7 Å². The van der Waals surface area contributed by atoms with Crippen LogP contribution in [0.5, 0.6) is 5.75 Å². The van der Waals surface area contributed by atoms with Crippen LogP contribution in [-0.2, 0) is 20.9 Å². The Labute approximate surface area is 256 Å². The van der Waals surface area contributed by atoms with Gasteiger partial charge in [-0.2, -0.15) is 0 Å². The van der Waals surface area contributed by atoms with Gasteiger partial charge in [0.2, 0.25) is 17.7 Å². The van der Waals surface area contributed by atoms with Gasteiger partial charge in [-0.3, -0.25) is 29.4 Å². The number of halogens is 2. The van der Waals surface area contributed by atoms with E-state index >= 15 is 8.78 Å². The second-order valence-corrected chi connectivity index (χ2v) is 13.2. The number of benzene rings is 1. The SMILES string of the molecule is C=C(CCC)C(=O)N1CCC(C2CN(C3C(Oc4ccc5c(c4)CN(C4CCC(=O)NC4=O)C5=O)CCCC3(F)F)C2)CC1. The number of rotatable bonds is 8. The maximum atomic E-state index is 15.4. The Morgan fingerprint density at radius 1 is 1.09 bits per heavy atom. The maximum absolute atomic E-state index is 15.4. The smallest absolute Gasteiger partial charge is 0.266 e. The third kappa shape index (κ3) is 5.87. The number of carbonyl (C=O) groups is 4. The molecule has 4 aliphatic heterocycles. The maximum Gasteiger partial charge on any atom is 0.266 e. The lowest BCUT2D eigenvalue weighted by atomic mass is 9.76. The van der Waals surface area contributed by atoms with Gasteiger partial charge in [-0.25, -0.2) is 8.78 Å². The van der Waals surface area contributed by atoms with E-state index in [1.165, 1.54) is 4.90 Å². The zero-order chi connectivity index (χ0) is 31.2. The molecule has 9 nitrogen and oxygen atoms in total. The number of imide groups is 1. The molecule has 0 aromatic heterocycles. The van der Waals surface area contributed by atoms with Gasteiger partial charge < -0.3 is 14.5 Å². The van der Waals surface area contributed by atoms with Crippen molar-refractivity contribution in [3.63, 3.8) is 0 Å². The molecule has 3 saturated heterocycles. The van der Waals surface area contributed by atoms with Crippen molar-refractivity contribution < 1.29 is 32.7 Å². The summed E-state index contributed by atoms with van der Waals surface area (Å²) >= 11 is 0. The zero-order valence-corrected chi connectivity index (χ0v) is 25.4. The topological polar surface area (TPSA) is 99.3 Å². The van der Waals surface area contributed by atoms with Crippen LogP contribution >= 0.6 is 0 Å². The predicted octanol–water partition coefficient (Wildman–Crippen LogP) is 3.91. The third-order valence-electron chi connectivity index (χ3n) is 10.2. The van der Waals surface area contributed by atoms with E-state index in [4.69, 9.17) is 4.74 Å². The molecular formula is C33H42F2N4O5. The standard InChI is InChI=1S/C33H42F2N4O5/c1-3-5-20(2)31(42)37-14-11-21(12-15-37)23-17-38(18-23)29-27(6-4-13-33(29,34)35)44-24-7-8-25-22(16-24)19-39(32(25)43)26-9-10-28(40)36-30(26)41/h7-8,16,21,23,26-27,29H,2-6,9-15,17-19H2,1H3,(H,36,40,41). The van der Waals surface area contributed by atoms with Crippen LogP contribution in [0.3, 0.4) is 0 Å². The minimum atomic E-state index is -2.88. The van der Waals surface area contributed by atoms with Crippen molar-refractivity contribution in [3.8, 4) is 5.75 Å². The van der Waals surface area contributed by atoms with E-state index < -0.39 is 30.0 Å². The van der Waals surface area contributed by atoms with Crippen LogP contribution in [0, 0.1) is 11.8 Å². The lowest BCUT2D eigenvalue weighted by Gasteiger charge is -2.53. The molecule has 0 spiro atoms. The van der Waals surface area contributed by atoms with Crippen LogP contribution < -0.4 is 10.1 Å². The number of amides is 4. The second kappa shape index (κ2) is 12.2. The van der Waals surface area contributed by atoms with E-state index in [9.17, 15) is 19.2 Å². The summed E-state index contributed by atoms with van der Waals surface area (Å²) in [7, 11) is 0. The zero-order valence-electron chi connectivity index (χ0n) is 25.4. The Balaban J connectivity index is 1.07. The summed E-state index contributed by atoms with van der Waals surface area (Å²) < 4.78 is 37.2. The number of carbonyl (C=O) groups excluding carboxylic acids is 4. The van der Waals surface area contributed by atoms with Crippen LogP contribution in [0.4, 0.5) is 8.78 Å². The van der Waals surface area contributed by atoms with E-state index in [0.29, 0.717) is 79.7 Å². The molecule has 1 saturated carbocycles. The first-order valence-electron chi connectivity index (χ1n) is 16.1. The highest BCUT2D eigenvalue weighted by atomic mass is 19.3. The minimum absolute atomic E-state index is 0.0435. The Hall–Kier alpha value is -3.34. The summed E-state index contributed by atoms with van der Waals surface area (Å²) in [6.45, 7) is 8.75. The van der Waals surface area contributed by atoms with Crippen LogP contribution in [0.2, 0.25) is 0 Å². The van der Waals surface area contributed by atoms with Gasteiger partial charge in [0, 0.05) is 56.7 Å². The molecule has 4 amide bonds. The first-order chi connectivity index (χ1) is 21.1. The molecule has 1 aromatic rings. The summed E-state index contributed by atoms with van der Waals surface area (Å²) in [4.78, 5) is 54.9. The fourth-order valence-corrected chi connectivity index (χ4v) is 7.82. The molecule has 0 radical (unpaired) electrons. The van der Waals surface area contributed by atoms with Gasteiger partial charge in [-0.05, 0) is 74.1 Å². The van der Waals surface area contributed by atoms with Crippen LogP contribution in [0.25, 0.3) is 0 Å². The van der Waals surface area contributed by atoms with Crippen molar-refractivity contribution in [1.29, 1.82) is 0 Å². The molecule has 1 aromatic carbocycles. The van der Waals surface area contributed by atoms with Gasteiger partial charge >= 0.3 is 0 Å². The summed E-state index contributed by atoms with van der Waals surface area (Å²) in [5.74, 6) is -2.76. The molecular weight excluding hydrogens is 570 g/mol. The molecule has 1 N–H and O–H groups in total. The number of hydrogen-bond acceptors (Lipinski definition) is 6. The lowest BCUT2D eigenvalue weighted by Crippen LogP contribution is -2.66. The van der Waals surface area contributed by atoms with E-state index in [1.54, 1.807) is 18.2 Å². The van der Waals surface area contributed by atoms with Gasteiger partial charge in [0.25, 0.3) is 11.8 Å². The number of piperidine rings is 2. The van der Waals surface area contributed by atoms with Crippen molar-refractivity contribution in [1.82, 2.24) is 20.0 Å². The molecule has 238 valence electrons. The lowest BCUT2D eigenvalue weighted by molar-refractivity contribution is -0.172. The fourth-order valence-electron chi connectivity index (χ4n) is 7.82. The van der Waals surface area contributed by atoms with Gasteiger partial charge in [0.1, 0.15) is 23.9 Å². The highest BCUT2D eigenvalue weighted by Crippen LogP contribution is 2.43.